The van der Waals surface area contributed by atoms with E-state index in [4.69, 9.17) is 5.84 Å². The summed E-state index contributed by atoms with van der Waals surface area (Å²) in [6.45, 7) is 4.74. The van der Waals surface area contributed by atoms with E-state index in [0.717, 1.165) is 0 Å². The molecule has 0 saturated heterocycles. The van der Waals surface area contributed by atoms with Gasteiger partial charge in [-0.05, 0) is 19.9 Å². The first kappa shape index (κ1) is 13.9. The van der Waals surface area contributed by atoms with Crippen molar-refractivity contribution in [2.24, 2.45) is 5.84 Å². The number of nitro groups is 1. The summed E-state index contributed by atoms with van der Waals surface area (Å²) in [7, 11) is 0. The van der Waals surface area contributed by atoms with Gasteiger partial charge in [-0.1, -0.05) is 6.07 Å². The number of para-hydroxylation sites is 1. The number of carbonyl (C=O) groups excluding carboxylic acids is 1. The number of nitrogens with zero attached hydrogens (tertiary/aromatic N) is 2. The van der Waals surface area contributed by atoms with E-state index in [1.807, 2.05) is 13.8 Å². The van der Waals surface area contributed by atoms with E-state index in [0.29, 0.717) is 13.1 Å². The largest absolute Gasteiger partial charge is 0.339 e. The van der Waals surface area contributed by atoms with Crippen LogP contribution in [0.2, 0.25) is 0 Å². The van der Waals surface area contributed by atoms with E-state index in [2.05, 4.69) is 5.43 Å². The lowest BCUT2D eigenvalue weighted by atomic mass is 10.1. The Kier molecular flexibility index (Phi) is 4.61. The van der Waals surface area contributed by atoms with Crippen molar-refractivity contribution in [2.45, 2.75) is 13.8 Å². The van der Waals surface area contributed by atoms with Gasteiger partial charge in [-0.15, -0.1) is 0 Å². The summed E-state index contributed by atoms with van der Waals surface area (Å²) in [5.41, 5.74) is 2.27. The second kappa shape index (κ2) is 5.97. The lowest BCUT2D eigenvalue weighted by Gasteiger charge is -2.20. The van der Waals surface area contributed by atoms with Gasteiger partial charge >= 0.3 is 0 Å². The van der Waals surface area contributed by atoms with Crippen LogP contribution in [0.4, 0.5) is 11.4 Å². The van der Waals surface area contributed by atoms with Gasteiger partial charge in [0, 0.05) is 19.2 Å². The van der Waals surface area contributed by atoms with Crippen LogP contribution in [0, 0.1) is 10.1 Å². The van der Waals surface area contributed by atoms with Gasteiger partial charge in [0.15, 0.2) is 0 Å². The van der Waals surface area contributed by atoms with Gasteiger partial charge in [0.1, 0.15) is 5.69 Å². The zero-order valence-corrected chi connectivity index (χ0v) is 10.3. The fourth-order valence-corrected chi connectivity index (χ4v) is 1.70. The molecule has 0 aromatic heterocycles. The molecule has 0 aliphatic carbocycles. The molecule has 1 aromatic rings. The Bertz CT molecular complexity index is 458. The summed E-state index contributed by atoms with van der Waals surface area (Å²) in [5.74, 6) is 5.00. The Morgan fingerprint density at radius 3 is 2.50 bits per heavy atom. The molecule has 0 heterocycles. The van der Waals surface area contributed by atoms with Crippen molar-refractivity contribution in [1.82, 2.24) is 4.90 Å². The third kappa shape index (κ3) is 2.57. The number of hydrazine groups is 1. The van der Waals surface area contributed by atoms with Crippen LogP contribution in [0.5, 0.6) is 0 Å². The fourth-order valence-electron chi connectivity index (χ4n) is 1.70. The summed E-state index contributed by atoms with van der Waals surface area (Å²) in [4.78, 5) is 24.0. The normalized spacial score (nSPS) is 9.94. The smallest absolute Gasteiger partial charge is 0.294 e. The van der Waals surface area contributed by atoms with Gasteiger partial charge in [0.05, 0.1) is 10.5 Å². The molecule has 7 heteroatoms. The first-order valence-electron chi connectivity index (χ1n) is 5.60. The molecule has 1 rings (SSSR count). The Labute approximate surface area is 105 Å². The van der Waals surface area contributed by atoms with Crippen LogP contribution >= 0.6 is 0 Å². The summed E-state index contributed by atoms with van der Waals surface area (Å²) in [5, 5.41) is 10.8. The third-order valence-corrected chi connectivity index (χ3v) is 2.66. The van der Waals surface area contributed by atoms with Crippen LogP contribution in [0.3, 0.4) is 0 Å². The minimum atomic E-state index is -0.575. The Hall–Kier alpha value is -2.15. The van der Waals surface area contributed by atoms with Crippen LogP contribution in [0.15, 0.2) is 18.2 Å². The number of nitrogens with one attached hydrogen (secondary N) is 1. The lowest BCUT2D eigenvalue weighted by molar-refractivity contribution is -0.384. The number of anilines is 1. The van der Waals surface area contributed by atoms with Crippen molar-refractivity contribution in [1.29, 1.82) is 0 Å². The zero-order valence-electron chi connectivity index (χ0n) is 10.3. The number of amides is 1. The Balaban J connectivity index is 3.28. The van der Waals surface area contributed by atoms with E-state index in [-0.39, 0.29) is 22.8 Å². The average molecular weight is 252 g/mol. The lowest BCUT2D eigenvalue weighted by Crippen LogP contribution is -2.31. The highest BCUT2D eigenvalue weighted by Crippen LogP contribution is 2.28. The van der Waals surface area contributed by atoms with Crippen molar-refractivity contribution in [2.75, 3.05) is 18.5 Å². The third-order valence-electron chi connectivity index (χ3n) is 2.66. The zero-order chi connectivity index (χ0) is 13.7. The molecule has 0 unspecified atom stereocenters. The van der Waals surface area contributed by atoms with Gasteiger partial charge in [0.2, 0.25) is 0 Å². The molecule has 18 heavy (non-hydrogen) atoms. The van der Waals surface area contributed by atoms with Gasteiger partial charge in [-0.3, -0.25) is 20.8 Å². The highest BCUT2D eigenvalue weighted by atomic mass is 16.6. The van der Waals surface area contributed by atoms with Crippen molar-refractivity contribution in [3.8, 4) is 0 Å². The molecule has 0 spiro atoms. The van der Waals surface area contributed by atoms with E-state index in [9.17, 15) is 14.9 Å². The number of hydrogen-bond acceptors (Lipinski definition) is 5. The molecular formula is C11H16N4O3. The van der Waals surface area contributed by atoms with Crippen molar-refractivity contribution < 1.29 is 9.72 Å². The van der Waals surface area contributed by atoms with Crippen LogP contribution < -0.4 is 11.3 Å². The number of rotatable bonds is 5. The fraction of sp³-hybridized carbons (Fsp3) is 0.364. The van der Waals surface area contributed by atoms with Crippen LogP contribution in [0.1, 0.15) is 24.2 Å². The molecule has 98 valence electrons. The summed E-state index contributed by atoms with van der Waals surface area (Å²) in [6.07, 6.45) is 0. The summed E-state index contributed by atoms with van der Waals surface area (Å²) < 4.78 is 0. The maximum absolute atomic E-state index is 12.2. The van der Waals surface area contributed by atoms with Crippen molar-refractivity contribution in [3.05, 3.63) is 33.9 Å². The molecule has 0 saturated carbocycles. The summed E-state index contributed by atoms with van der Waals surface area (Å²) in [6, 6.07) is 4.28. The minimum absolute atomic E-state index is 0.0411. The first-order chi connectivity index (χ1) is 8.56. The quantitative estimate of drug-likeness (QED) is 0.468. The molecule has 1 amide bonds. The van der Waals surface area contributed by atoms with Crippen LogP contribution in [0.25, 0.3) is 0 Å². The molecule has 3 N–H and O–H groups in total. The van der Waals surface area contributed by atoms with Crippen LogP contribution in [-0.2, 0) is 0 Å². The number of nitro benzene ring substituents is 1. The van der Waals surface area contributed by atoms with E-state index in [1.165, 1.54) is 18.2 Å². The Morgan fingerprint density at radius 1 is 1.44 bits per heavy atom. The number of benzene rings is 1. The number of carbonyl (C=O) groups is 1. The van der Waals surface area contributed by atoms with Gasteiger partial charge in [-0.25, -0.2) is 0 Å². The molecule has 0 radical (unpaired) electrons. The van der Waals surface area contributed by atoms with E-state index >= 15 is 0 Å². The van der Waals surface area contributed by atoms with E-state index < -0.39 is 4.92 Å². The molecule has 0 atom stereocenters. The first-order valence-corrected chi connectivity index (χ1v) is 5.60. The number of nitrogen functional groups attached to an aromatic ring is 1. The van der Waals surface area contributed by atoms with Crippen LogP contribution in [-0.4, -0.2) is 28.8 Å². The van der Waals surface area contributed by atoms with Gasteiger partial charge < -0.3 is 10.3 Å². The number of hydrogen-bond donors (Lipinski definition) is 2. The highest BCUT2D eigenvalue weighted by molar-refractivity contribution is 6.01. The second-order valence-electron chi connectivity index (χ2n) is 3.58. The van der Waals surface area contributed by atoms with Crippen molar-refractivity contribution in [3.63, 3.8) is 0 Å². The molecule has 0 fully saturated rings. The molecular weight excluding hydrogens is 236 g/mol. The topological polar surface area (TPSA) is 102 Å². The Morgan fingerprint density at radius 2 is 2.06 bits per heavy atom. The molecule has 0 aliphatic heterocycles. The van der Waals surface area contributed by atoms with Gasteiger partial charge in [-0.2, -0.15) is 0 Å². The highest BCUT2D eigenvalue weighted by Gasteiger charge is 2.23. The SMILES string of the molecule is CCN(CC)C(=O)c1cccc([N+](=O)[O-])c1NN. The minimum Gasteiger partial charge on any atom is -0.339 e. The molecule has 0 bridgehead atoms. The van der Waals surface area contributed by atoms with Gasteiger partial charge in [0.25, 0.3) is 11.6 Å². The molecule has 0 aliphatic rings. The molecule has 7 nitrogen and oxygen atoms in total. The standard InChI is InChI=1S/C11H16N4O3/c1-3-14(4-2)11(16)8-6-5-7-9(15(17)18)10(8)13-12/h5-7,13H,3-4,12H2,1-2H3. The second-order valence-corrected chi connectivity index (χ2v) is 3.58. The predicted octanol–water partition coefficient (Wildman–Crippen LogP) is 1.36. The predicted molar refractivity (Wildman–Crippen MR) is 68.2 cm³/mol. The molecule has 1 aromatic carbocycles. The number of nitrogens with two attached hydrogens (primary N) is 1. The average Bonchev–Trinajstić information content (AvgIpc) is 2.38. The summed E-state index contributed by atoms with van der Waals surface area (Å²) >= 11 is 0. The maximum Gasteiger partial charge on any atom is 0.294 e. The monoisotopic (exact) mass is 252 g/mol. The van der Waals surface area contributed by atoms with E-state index in [1.54, 1.807) is 4.90 Å². The van der Waals surface area contributed by atoms with Crippen molar-refractivity contribution >= 4 is 17.3 Å². The maximum atomic E-state index is 12.2.